The number of esters is 1. The van der Waals surface area contributed by atoms with Crippen LogP contribution >= 0.6 is 0 Å². The predicted octanol–water partition coefficient (Wildman–Crippen LogP) is -0.674. The third-order valence-corrected chi connectivity index (χ3v) is 3.99. The summed E-state index contributed by atoms with van der Waals surface area (Å²) in [4.78, 5) is 10.7. The average molecular weight is 221 g/mol. The SMILES string of the molecule is COC(=O)CCN[C@@H]1CCS(=O)(=O)C1. The summed E-state index contributed by atoms with van der Waals surface area (Å²) in [7, 11) is -1.49. The summed E-state index contributed by atoms with van der Waals surface area (Å²) in [6, 6.07) is 0.00431. The van der Waals surface area contributed by atoms with Gasteiger partial charge >= 0.3 is 5.97 Å². The van der Waals surface area contributed by atoms with E-state index in [-0.39, 0.29) is 29.9 Å². The molecule has 1 atom stereocenters. The van der Waals surface area contributed by atoms with Crippen molar-refractivity contribution in [1.82, 2.24) is 5.32 Å². The summed E-state index contributed by atoms with van der Waals surface area (Å²) < 4.78 is 26.6. The van der Waals surface area contributed by atoms with E-state index in [1.165, 1.54) is 7.11 Å². The Kier molecular flexibility index (Phi) is 3.88. The van der Waals surface area contributed by atoms with E-state index in [9.17, 15) is 13.2 Å². The standard InChI is InChI=1S/C8H15NO4S/c1-13-8(10)2-4-9-7-3-5-14(11,12)6-7/h7,9H,2-6H2,1H3/t7-/m1/s1. The molecule has 0 radical (unpaired) electrons. The summed E-state index contributed by atoms with van der Waals surface area (Å²) in [5, 5.41) is 3.02. The molecule has 0 saturated carbocycles. The Morgan fingerprint density at radius 3 is 2.79 bits per heavy atom. The zero-order valence-corrected chi connectivity index (χ0v) is 8.97. The van der Waals surface area contributed by atoms with Crippen molar-refractivity contribution in [1.29, 1.82) is 0 Å². The summed E-state index contributed by atoms with van der Waals surface area (Å²) in [5.41, 5.74) is 0. The Labute approximate surface area is 83.7 Å². The van der Waals surface area contributed by atoms with Gasteiger partial charge in [-0.1, -0.05) is 0 Å². The normalized spacial score (nSPS) is 24.8. The van der Waals surface area contributed by atoms with Crippen LogP contribution in [0.4, 0.5) is 0 Å². The van der Waals surface area contributed by atoms with Crippen molar-refractivity contribution >= 4 is 15.8 Å². The van der Waals surface area contributed by atoms with E-state index >= 15 is 0 Å². The number of hydrogen-bond donors (Lipinski definition) is 1. The van der Waals surface area contributed by atoms with E-state index < -0.39 is 9.84 Å². The van der Waals surface area contributed by atoms with Gasteiger partial charge in [0, 0.05) is 12.6 Å². The van der Waals surface area contributed by atoms with Gasteiger partial charge in [0.1, 0.15) is 0 Å². The van der Waals surface area contributed by atoms with Crippen LogP contribution in [0.25, 0.3) is 0 Å². The molecule has 1 N–H and O–H groups in total. The fourth-order valence-electron chi connectivity index (χ4n) is 1.44. The molecule has 0 unspecified atom stereocenters. The van der Waals surface area contributed by atoms with Gasteiger partial charge in [0.2, 0.25) is 0 Å². The largest absolute Gasteiger partial charge is 0.469 e. The number of sulfone groups is 1. The van der Waals surface area contributed by atoms with Crippen LogP contribution in [0.2, 0.25) is 0 Å². The maximum Gasteiger partial charge on any atom is 0.306 e. The molecular weight excluding hydrogens is 206 g/mol. The van der Waals surface area contributed by atoms with E-state index in [2.05, 4.69) is 10.1 Å². The molecule has 1 aliphatic heterocycles. The fraction of sp³-hybridized carbons (Fsp3) is 0.875. The maximum absolute atomic E-state index is 11.1. The van der Waals surface area contributed by atoms with E-state index in [0.717, 1.165) is 0 Å². The summed E-state index contributed by atoms with van der Waals surface area (Å²) in [6.07, 6.45) is 0.927. The topological polar surface area (TPSA) is 72.5 Å². The van der Waals surface area contributed by atoms with Crippen molar-refractivity contribution in [3.8, 4) is 0 Å². The monoisotopic (exact) mass is 221 g/mol. The molecule has 1 fully saturated rings. The first-order valence-electron chi connectivity index (χ1n) is 4.54. The molecule has 0 aliphatic carbocycles. The second kappa shape index (κ2) is 4.75. The molecule has 0 amide bonds. The third kappa shape index (κ3) is 3.63. The lowest BCUT2D eigenvalue weighted by Crippen LogP contribution is -2.31. The molecule has 1 heterocycles. The molecule has 14 heavy (non-hydrogen) atoms. The van der Waals surface area contributed by atoms with E-state index in [1.807, 2.05) is 0 Å². The second-order valence-electron chi connectivity index (χ2n) is 3.38. The molecule has 1 saturated heterocycles. The minimum absolute atomic E-state index is 0.00431. The highest BCUT2D eigenvalue weighted by atomic mass is 32.2. The van der Waals surface area contributed by atoms with Gasteiger partial charge in [-0.2, -0.15) is 0 Å². The maximum atomic E-state index is 11.1. The van der Waals surface area contributed by atoms with Crippen LogP contribution in [-0.2, 0) is 19.4 Å². The Morgan fingerprint density at radius 2 is 2.29 bits per heavy atom. The molecule has 0 aromatic heterocycles. The zero-order valence-electron chi connectivity index (χ0n) is 8.15. The van der Waals surface area contributed by atoms with Crippen LogP contribution in [0, 0.1) is 0 Å². The molecule has 1 aliphatic rings. The second-order valence-corrected chi connectivity index (χ2v) is 5.61. The first-order chi connectivity index (χ1) is 6.53. The Morgan fingerprint density at radius 1 is 1.57 bits per heavy atom. The highest BCUT2D eigenvalue weighted by Gasteiger charge is 2.27. The van der Waals surface area contributed by atoms with Gasteiger partial charge < -0.3 is 10.1 Å². The first kappa shape index (κ1) is 11.5. The van der Waals surface area contributed by atoms with Crippen molar-refractivity contribution in [2.24, 2.45) is 0 Å². The molecule has 0 spiro atoms. The van der Waals surface area contributed by atoms with Gasteiger partial charge in [0.15, 0.2) is 9.84 Å². The lowest BCUT2D eigenvalue weighted by molar-refractivity contribution is -0.140. The van der Waals surface area contributed by atoms with Gasteiger partial charge in [-0.25, -0.2) is 8.42 Å². The molecule has 1 rings (SSSR count). The quantitative estimate of drug-likeness (QED) is 0.637. The van der Waals surface area contributed by atoms with Crippen LogP contribution in [-0.4, -0.2) is 45.6 Å². The van der Waals surface area contributed by atoms with Crippen molar-refractivity contribution < 1.29 is 17.9 Å². The highest BCUT2D eigenvalue weighted by Crippen LogP contribution is 2.10. The molecule has 6 heteroatoms. The smallest absolute Gasteiger partial charge is 0.306 e. The van der Waals surface area contributed by atoms with Gasteiger partial charge in [-0.15, -0.1) is 0 Å². The Bertz CT molecular complexity index is 298. The molecule has 0 aromatic carbocycles. The molecular formula is C8H15NO4S. The van der Waals surface area contributed by atoms with Gasteiger partial charge in [0.05, 0.1) is 25.0 Å². The number of hydrogen-bond acceptors (Lipinski definition) is 5. The number of ether oxygens (including phenoxy) is 1. The number of carbonyl (C=O) groups is 1. The van der Waals surface area contributed by atoms with Crippen molar-refractivity contribution in [2.75, 3.05) is 25.2 Å². The fourth-order valence-corrected chi connectivity index (χ4v) is 3.14. The van der Waals surface area contributed by atoms with Crippen LogP contribution in [0.5, 0.6) is 0 Å². The summed E-state index contributed by atoms with van der Waals surface area (Å²) in [6.45, 7) is 0.479. The van der Waals surface area contributed by atoms with Gasteiger partial charge in [-0.05, 0) is 6.42 Å². The first-order valence-corrected chi connectivity index (χ1v) is 6.36. The Hall–Kier alpha value is -0.620. The molecule has 5 nitrogen and oxygen atoms in total. The van der Waals surface area contributed by atoms with Gasteiger partial charge in [0.25, 0.3) is 0 Å². The van der Waals surface area contributed by atoms with E-state index in [0.29, 0.717) is 13.0 Å². The van der Waals surface area contributed by atoms with Crippen LogP contribution < -0.4 is 5.32 Å². The van der Waals surface area contributed by atoms with Crippen LogP contribution in [0.15, 0.2) is 0 Å². The highest BCUT2D eigenvalue weighted by molar-refractivity contribution is 7.91. The molecule has 0 bridgehead atoms. The Balaban J connectivity index is 2.18. The van der Waals surface area contributed by atoms with Crippen LogP contribution in [0.1, 0.15) is 12.8 Å². The summed E-state index contributed by atoms with van der Waals surface area (Å²) in [5.74, 6) is 0.162. The van der Waals surface area contributed by atoms with Crippen molar-refractivity contribution in [2.45, 2.75) is 18.9 Å². The zero-order chi connectivity index (χ0) is 10.6. The number of rotatable bonds is 4. The van der Waals surface area contributed by atoms with Crippen LogP contribution in [0.3, 0.4) is 0 Å². The molecule has 0 aromatic rings. The number of carbonyl (C=O) groups excluding carboxylic acids is 1. The minimum Gasteiger partial charge on any atom is -0.469 e. The van der Waals surface area contributed by atoms with E-state index in [1.54, 1.807) is 0 Å². The number of nitrogens with one attached hydrogen (secondary N) is 1. The van der Waals surface area contributed by atoms with Crippen molar-refractivity contribution in [3.05, 3.63) is 0 Å². The number of methoxy groups -OCH3 is 1. The van der Waals surface area contributed by atoms with Crippen molar-refractivity contribution in [3.63, 3.8) is 0 Å². The van der Waals surface area contributed by atoms with E-state index in [4.69, 9.17) is 0 Å². The minimum atomic E-state index is -2.83. The molecule has 82 valence electrons. The van der Waals surface area contributed by atoms with Gasteiger partial charge in [-0.3, -0.25) is 4.79 Å². The summed E-state index contributed by atoms with van der Waals surface area (Å²) >= 11 is 0. The lowest BCUT2D eigenvalue weighted by Gasteiger charge is -2.08. The predicted molar refractivity (Wildman–Crippen MR) is 51.7 cm³/mol. The average Bonchev–Trinajstić information content (AvgIpc) is 2.45. The third-order valence-electron chi connectivity index (χ3n) is 2.22. The lowest BCUT2D eigenvalue weighted by atomic mass is 10.2.